The van der Waals surface area contributed by atoms with Gasteiger partial charge in [0, 0.05) is 29.7 Å². The molecule has 0 aliphatic rings. The Hall–Kier alpha value is -4.30. The molecule has 186 valence electrons. The Morgan fingerprint density at radius 2 is 1.70 bits per heavy atom. The minimum absolute atomic E-state index is 0.112. The Morgan fingerprint density at radius 1 is 1.03 bits per heavy atom. The van der Waals surface area contributed by atoms with Crippen molar-refractivity contribution in [3.8, 4) is 16.5 Å². The second kappa shape index (κ2) is 10.8. The first kappa shape index (κ1) is 24.4. The molecule has 0 unspecified atom stereocenters. The fourth-order valence-corrected chi connectivity index (χ4v) is 5.15. The zero-order chi connectivity index (χ0) is 25.8. The van der Waals surface area contributed by atoms with Crippen LogP contribution in [0.25, 0.3) is 16.5 Å². The molecule has 0 spiro atoms. The first-order valence-electron chi connectivity index (χ1n) is 12.2. The molecule has 2 aromatic carbocycles. The van der Waals surface area contributed by atoms with Crippen molar-refractivity contribution in [2.75, 3.05) is 5.32 Å². The van der Waals surface area contributed by atoms with E-state index in [1.165, 1.54) is 4.68 Å². The van der Waals surface area contributed by atoms with Crippen LogP contribution in [0.15, 0.2) is 89.0 Å². The fraction of sp³-hybridized carbons (Fsp3) is 0.172. The molecule has 0 aliphatic carbocycles. The molecule has 3 heterocycles. The second-order valence-electron chi connectivity index (χ2n) is 8.74. The van der Waals surface area contributed by atoms with Gasteiger partial charge in [-0.25, -0.2) is 4.98 Å². The average molecular weight is 510 g/mol. The van der Waals surface area contributed by atoms with E-state index in [0.717, 1.165) is 16.0 Å². The third-order valence-electron chi connectivity index (χ3n) is 6.31. The highest BCUT2D eigenvalue weighted by molar-refractivity contribution is 7.13. The summed E-state index contributed by atoms with van der Waals surface area (Å²) in [5.74, 6) is 0.431. The number of rotatable bonds is 8. The second-order valence-corrected chi connectivity index (χ2v) is 9.68. The first-order valence-corrected chi connectivity index (χ1v) is 13.0. The topological polar surface area (TPSA) is 92.7 Å². The van der Waals surface area contributed by atoms with E-state index in [1.54, 1.807) is 11.3 Å². The lowest BCUT2D eigenvalue weighted by Crippen LogP contribution is -2.22. The normalized spacial score (nSPS) is 11.1. The van der Waals surface area contributed by atoms with Gasteiger partial charge >= 0.3 is 0 Å². The van der Waals surface area contributed by atoms with Crippen molar-refractivity contribution >= 4 is 23.1 Å². The van der Waals surface area contributed by atoms with Gasteiger partial charge in [-0.05, 0) is 35.9 Å². The molecule has 5 rings (SSSR count). The molecular weight excluding hydrogens is 482 g/mol. The van der Waals surface area contributed by atoms with E-state index in [1.807, 2.05) is 98.1 Å². The van der Waals surface area contributed by atoms with Crippen molar-refractivity contribution in [1.29, 1.82) is 0 Å². The first-order chi connectivity index (χ1) is 18.0. The molecule has 0 saturated heterocycles. The van der Waals surface area contributed by atoms with Crippen molar-refractivity contribution in [3.63, 3.8) is 0 Å². The summed E-state index contributed by atoms with van der Waals surface area (Å²) < 4.78 is 1.50. The monoisotopic (exact) mass is 509 g/mol. The smallest absolute Gasteiger partial charge is 0.255 e. The van der Waals surface area contributed by atoms with Crippen LogP contribution in [0.2, 0.25) is 0 Å². The van der Waals surface area contributed by atoms with E-state index in [2.05, 4.69) is 20.4 Å². The van der Waals surface area contributed by atoms with Crippen LogP contribution in [0.3, 0.4) is 0 Å². The van der Waals surface area contributed by atoms with Crippen LogP contribution < -0.4 is 10.9 Å². The van der Waals surface area contributed by atoms with Crippen molar-refractivity contribution in [3.05, 3.63) is 117 Å². The number of aromatic amines is 1. The molecule has 5 aromatic rings. The number of anilines is 1. The lowest BCUT2D eigenvalue weighted by molar-refractivity contribution is -0.116. The Labute approximate surface area is 218 Å². The number of aryl methyl sites for hydroxylation is 1. The maximum absolute atomic E-state index is 13.4. The van der Waals surface area contributed by atoms with Crippen molar-refractivity contribution in [1.82, 2.24) is 19.7 Å². The molecule has 0 fully saturated rings. The fourth-order valence-electron chi connectivity index (χ4n) is 4.47. The highest BCUT2D eigenvalue weighted by Gasteiger charge is 2.21. The summed E-state index contributed by atoms with van der Waals surface area (Å²) in [7, 11) is 0. The zero-order valence-corrected chi connectivity index (χ0v) is 21.5. The van der Waals surface area contributed by atoms with E-state index < -0.39 is 0 Å². The summed E-state index contributed by atoms with van der Waals surface area (Å²) >= 11 is 1.55. The van der Waals surface area contributed by atoms with E-state index >= 15 is 0 Å². The van der Waals surface area contributed by atoms with Gasteiger partial charge in [-0.15, -0.1) is 11.3 Å². The van der Waals surface area contributed by atoms with Crippen LogP contribution in [-0.2, 0) is 11.2 Å². The van der Waals surface area contributed by atoms with Crippen molar-refractivity contribution in [2.45, 2.75) is 32.6 Å². The van der Waals surface area contributed by atoms with Gasteiger partial charge in [-0.1, -0.05) is 73.7 Å². The number of carbonyl (C=O) groups excluding carboxylic acids is 1. The van der Waals surface area contributed by atoms with E-state index in [4.69, 9.17) is 0 Å². The van der Waals surface area contributed by atoms with Gasteiger partial charge in [0.15, 0.2) is 0 Å². The van der Waals surface area contributed by atoms with E-state index in [9.17, 15) is 9.59 Å². The SMILES string of the molecule is CCc1c(C)nc(-n2nc(-c3cccs3)cc2NC(=O)CC(c2ccccc2)c2ccccc2)[nH]c1=O. The number of carbonyl (C=O) groups is 1. The van der Waals surface area contributed by atoms with Gasteiger partial charge in [0.05, 0.1) is 4.88 Å². The van der Waals surface area contributed by atoms with Gasteiger partial charge in [-0.3, -0.25) is 14.6 Å². The molecule has 0 aliphatic heterocycles. The molecule has 3 aromatic heterocycles. The van der Waals surface area contributed by atoms with Crippen molar-refractivity contribution in [2.24, 2.45) is 0 Å². The van der Waals surface area contributed by atoms with E-state index in [0.29, 0.717) is 29.2 Å². The predicted octanol–water partition coefficient (Wildman–Crippen LogP) is 5.72. The number of amides is 1. The molecule has 7 nitrogen and oxygen atoms in total. The molecule has 8 heteroatoms. The molecule has 0 bridgehead atoms. The lowest BCUT2D eigenvalue weighted by Gasteiger charge is -2.18. The Kier molecular flexibility index (Phi) is 7.09. The molecule has 0 radical (unpaired) electrons. The minimum Gasteiger partial charge on any atom is -0.310 e. The highest BCUT2D eigenvalue weighted by atomic mass is 32.1. The average Bonchev–Trinajstić information content (AvgIpc) is 3.59. The Morgan fingerprint density at radius 3 is 2.27 bits per heavy atom. The number of hydrogen-bond donors (Lipinski definition) is 2. The number of thiophene rings is 1. The summed E-state index contributed by atoms with van der Waals surface area (Å²) in [4.78, 5) is 34.5. The number of aromatic nitrogens is 4. The predicted molar refractivity (Wildman–Crippen MR) is 147 cm³/mol. The molecule has 37 heavy (non-hydrogen) atoms. The number of benzene rings is 2. The van der Waals surface area contributed by atoms with Crippen LogP contribution in [0.1, 0.15) is 41.6 Å². The number of nitrogens with zero attached hydrogens (tertiary/aromatic N) is 3. The summed E-state index contributed by atoms with van der Waals surface area (Å²) in [6.07, 6.45) is 0.823. The summed E-state index contributed by atoms with van der Waals surface area (Å²) in [6, 6.07) is 25.7. The van der Waals surface area contributed by atoms with Crippen molar-refractivity contribution < 1.29 is 4.79 Å². The zero-order valence-electron chi connectivity index (χ0n) is 20.6. The van der Waals surface area contributed by atoms with Gasteiger partial charge in [0.1, 0.15) is 11.5 Å². The molecule has 1 amide bonds. The van der Waals surface area contributed by atoms with Gasteiger partial charge in [-0.2, -0.15) is 9.78 Å². The largest absolute Gasteiger partial charge is 0.310 e. The van der Waals surface area contributed by atoms with Crippen LogP contribution in [0, 0.1) is 6.92 Å². The number of nitrogens with one attached hydrogen (secondary N) is 2. The maximum Gasteiger partial charge on any atom is 0.255 e. The van der Waals surface area contributed by atoms with Crippen LogP contribution >= 0.6 is 11.3 Å². The summed E-state index contributed by atoms with van der Waals surface area (Å²) in [5.41, 5.74) is 3.88. The summed E-state index contributed by atoms with van der Waals surface area (Å²) in [6.45, 7) is 3.73. The minimum atomic E-state index is -0.205. The molecule has 0 saturated carbocycles. The molecule has 2 N–H and O–H groups in total. The lowest BCUT2D eigenvalue weighted by atomic mass is 9.88. The van der Waals surface area contributed by atoms with Crippen LogP contribution in [0.4, 0.5) is 5.82 Å². The maximum atomic E-state index is 13.4. The highest BCUT2D eigenvalue weighted by Crippen LogP contribution is 2.30. The van der Waals surface area contributed by atoms with Gasteiger partial charge in [0.25, 0.3) is 5.56 Å². The Bertz CT molecular complexity index is 1520. The van der Waals surface area contributed by atoms with Gasteiger partial charge < -0.3 is 5.32 Å². The quantitative estimate of drug-likeness (QED) is 0.280. The third-order valence-corrected chi connectivity index (χ3v) is 7.20. The number of H-pyrrole nitrogens is 1. The number of hydrogen-bond acceptors (Lipinski definition) is 5. The molecule has 0 atom stereocenters. The van der Waals surface area contributed by atoms with Gasteiger partial charge in [0.2, 0.25) is 11.9 Å². The summed E-state index contributed by atoms with van der Waals surface area (Å²) in [5, 5.41) is 9.69. The standard InChI is InChI=1S/C29H27N5O2S/c1-3-22-19(2)30-29(32-28(22)36)34-26(18-24(33-34)25-15-10-16-37-25)31-27(35)17-23(20-11-6-4-7-12-20)21-13-8-5-9-14-21/h4-16,18,23H,3,17H2,1-2H3,(H,31,35)(H,30,32,36). The van der Waals surface area contributed by atoms with E-state index in [-0.39, 0.29) is 29.8 Å². The van der Waals surface area contributed by atoms with Crippen LogP contribution in [0.5, 0.6) is 0 Å². The third kappa shape index (κ3) is 5.29. The molecular formula is C29H27N5O2S. The van der Waals surface area contributed by atoms with Crippen LogP contribution in [-0.4, -0.2) is 25.7 Å². The Balaban J connectivity index is 1.50.